The van der Waals surface area contributed by atoms with Gasteiger partial charge in [-0.15, -0.1) is 0 Å². The maximum atomic E-state index is 11.9. The first kappa shape index (κ1) is 16.2. The van der Waals surface area contributed by atoms with Gasteiger partial charge in [0.1, 0.15) is 5.82 Å². The molecule has 0 aromatic carbocycles. The van der Waals surface area contributed by atoms with E-state index in [0.717, 1.165) is 24.6 Å². The molecular formula is C17H22N6O. The summed E-state index contributed by atoms with van der Waals surface area (Å²) in [5.41, 5.74) is 1.49. The second-order valence-corrected chi connectivity index (χ2v) is 5.81. The van der Waals surface area contributed by atoms with E-state index in [-0.39, 0.29) is 5.91 Å². The predicted octanol–water partition coefficient (Wildman–Crippen LogP) is 1.62. The van der Waals surface area contributed by atoms with Crippen LogP contribution in [0.4, 0.5) is 11.8 Å². The van der Waals surface area contributed by atoms with Gasteiger partial charge in [0, 0.05) is 50.3 Å². The number of carbonyl (C=O) groups is 1. The third-order valence-electron chi connectivity index (χ3n) is 3.89. The van der Waals surface area contributed by atoms with Crippen molar-refractivity contribution in [2.45, 2.75) is 19.8 Å². The van der Waals surface area contributed by atoms with Crippen LogP contribution in [0.25, 0.3) is 0 Å². The van der Waals surface area contributed by atoms with E-state index in [1.54, 1.807) is 24.5 Å². The van der Waals surface area contributed by atoms with Crippen LogP contribution in [0.3, 0.4) is 0 Å². The molecule has 3 rings (SSSR count). The molecule has 1 aliphatic heterocycles. The lowest BCUT2D eigenvalue weighted by Crippen LogP contribution is -2.29. The monoisotopic (exact) mass is 326 g/mol. The Morgan fingerprint density at radius 1 is 1.25 bits per heavy atom. The first-order chi connectivity index (χ1) is 11.7. The summed E-state index contributed by atoms with van der Waals surface area (Å²) < 4.78 is 0. The van der Waals surface area contributed by atoms with E-state index >= 15 is 0 Å². The van der Waals surface area contributed by atoms with Crippen LogP contribution in [-0.4, -0.2) is 47.0 Å². The molecule has 24 heavy (non-hydrogen) atoms. The van der Waals surface area contributed by atoms with E-state index in [2.05, 4.69) is 30.5 Å². The zero-order valence-corrected chi connectivity index (χ0v) is 13.8. The number of nitrogens with zero attached hydrogens (tertiary/aromatic N) is 4. The van der Waals surface area contributed by atoms with Crippen molar-refractivity contribution >= 4 is 17.7 Å². The van der Waals surface area contributed by atoms with E-state index in [4.69, 9.17) is 0 Å². The number of amides is 1. The van der Waals surface area contributed by atoms with E-state index < -0.39 is 0 Å². The zero-order valence-electron chi connectivity index (χ0n) is 13.8. The lowest BCUT2D eigenvalue weighted by molar-refractivity contribution is 0.0955. The van der Waals surface area contributed by atoms with Crippen LogP contribution in [-0.2, 0) is 0 Å². The van der Waals surface area contributed by atoms with Crippen LogP contribution in [0.2, 0.25) is 0 Å². The van der Waals surface area contributed by atoms with Gasteiger partial charge >= 0.3 is 0 Å². The third-order valence-corrected chi connectivity index (χ3v) is 3.89. The highest BCUT2D eigenvalue weighted by Crippen LogP contribution is 2.19. The number of nitrogens with one attached hydrogen (secondary N) is 2. The van der Waals surface area contributed by atoms with Crippen molar-refractivity contribution in [3.05, 3.63) is 41.9 Å². The van der Waals surface area contributed by atoms with Gasteiger partial charge < -0.3 is 15.5 Å². The predicted molar refractivity (Wildman–Crippen MR) is 93.3 cm³/mol. The second kappa shape index (κ2) is 7.72. The molecule has 3 heterocycles. The summed E-state index contributed by atoms with van der Waals surface area (Å²) in [6.45, 7) is 5.13. The number of hydrogen-bond donors (Lipinski definition) is 2. The van der Waals surface area contributed by atoms with E-state index in [0.29, 0.717) is 24.6 Å². The van der Waals surface area contributed by atoms with Gasteiger partial charge in [-0.2, -0.15) is 4.98 Å². The summed E-state index contributed by atoms with van der Waals surface area (Å²) in [5.74, 6) is 1.45. The first-order valence-corrected chi connectivity index (χ1v) is 8.25. The van der Waals surface area contributed by atoms with Crippen molar-refractivity contribution in [3.8, 4) is 0 Å². The van der Waals surface area contributed by atoms with E-state index in [1.165, 1.54) is 12.8 Å². The van der Waals surface area contributed by atoms with Gasteiger partial charge in [-0.05, 0) is 31.9 Å². The minimum Gasteiger partial charge on any atom is -0.356 e. The van der Waals surface area contributed by atoms with Gasteiger partial charge in [0.25, 0.3) is 5.91 Å². The van der Waals surface area contributed by atoms with Gasteiger partial charge in [-0.3, -0.25) is 9.78 Å². The Kier molecular flexibility index (Phi) is 5.20. The van der Waals surface area contributed by atoms with Gasteiger partial charge in [0.05, 0.1) is 5.56 Å². The molecule has 1 fully saturated rings. The smallest absolute Gasteiger partial charge is 0.252 e. The molecule has 0 bridgehead atoms. The SMILES string of the molecule is Cc1cc(N2CCCC2)nc(NCCNC(=O)c2cccnc2)n1. The lowest BCUT2D eigenvalue weighted by Gasteiger charge is -2.17. The van der Waals surface area contributed by atoms with Gasteiger partial charge in [0.15, 0.2) is 0 Å². The molecule has 2 aromatic rings. The second-order valence-electron chi connectivity index (χ2n) is 5.81. The van der Waals surface area contributed by atoms with Crippen molar-refractivity contribution in [3.63, 3.8) is 0 Å². The van der Waals surface area contributed by atoms with Crippen LogP contribution in [0, 0.1) is 6.92 Å². The highest BCUT2D eigenvalue weighted by atomic mass is 16.1. The molecule has 0 spiro atoms. The fourth-order valence-electron chi connectivity index (χ4n) is 2.69. The number of carbonyl (C=O) groups excluding carboxylic acids is 1. The van der Waals surface area contributed by atoms with Gasteiger partial charge in [-0.1, -0.05) is 0 Å². The number of pyridine rings is 1. The largest absolute Gasteiger partial charge is 0.356 e. The van der Waals surface area contributed by atoms with Crippen LogP contribution in [0.15, 0.2) is 30.6 Å². The molecule has 2 aromatic heterocycles. The molecule has 1 saturated heterocycles. The van der Waals surface area contributed by atoms with Gasteiger partial charge in [-0.25, -0.2) is 4.98 Å². The van der Waals surface area contributed by atoms with Crippen LogP contribution >= 0.6 is 0 Å². The standard InChI is InChI=1S/C17H22N6O/c1-13-11-15(23-9-2-3-10-23)22-17(21-13)20-8-7-19-16(24)14-5-4-6-18-12-14/h4-6,11-12H,2-3,7-10H2,1H3,(H,19,24)(H,20,21,22). The summed E-state index contributed by atoms with van der Waals surface area (Å²) >= 11 is 0. The van der Waals surface area contributed by atoms with Crippen LogP contribution in [0.5, 0.6) is 0 Å². The topological polar surface area (TPSA) is 83.0 Å². The third kappa shape index (κ3) is 4.18. The Labute approximate surface area is 141 Å². The minimum absolute atomic E-state index is 0.132. The quantitative estimate of drug-likeness (QED) is 0.785. The van der Waals surface area contributed by atoms with Gasteiger partial charge in [0.2, 0.25) is 5.95 Å². The fraction of sp³-hybridized carbons (Fsp3) is 0.412. The molecule has 1 aliphatic rings. The molecule has 7 nitrogen and oxygen atoms in total. The molecule has 0 aliphatic carbocycles. The number of hydrogen-bond acceptors (Lipinski definition) is 6. The van der Waals surface area contributed by atoms with Crippen molar-refractivity contribution in [1.82, 2.24) is 20.3 Å². The number of aryl methyl sites for hydroxylation is 1. The molecule has 126 valence electrons. The summed E-state index contributed by atoms with van der Waals surface area (Å²) in [7, 11) is 0. The molecule has 2 N–H and O–H groups in total. The number of anilines is 2. The maximum Gasteiger partial charge on any atom is 0.252 e. The Balaban J connectivity index is 1.50. The Morgan fingerprint density at radius 3 is 2.83 bits per heavy atom. The molecule has 0 unspecified atom stereocenters. The maximum absolute atomic E-state index is 11.9. The van der Waals surface area contributed by atoms with Crippen LogP contribution < -0.4 is 15.5 Å². The number of rotatable bonds is 6. The van der Waals surface area contributed by atoms with E-state index in [1.807, 2.05) is 13.0 Å². The van der Waals surface area contributed by atoms with E-state index in [9.17, 15) is 4.79 Å². The fourth-order valence-corrected chi connectivity index (χ4v) is 2.69. The molecule has 0 atom stereocenters. The van der Waals surface area contributed by atoms with Crippen molar-refractivity contribution < 1.29 is 4.79 Å². The highest BCUT2D eigenvalue weighted by molar-refractivity contribution is 5.93. The molecule has 7 heteroatoms. The van der Waals surface area contributed by atoms with Crippen LogP contribution in [0.1, 0.15) is 28.9 Å². The average Bonchev–Trinajstić information content (AvgIpc) is 3.13. The summed E-state index contributed by atoms with van der Waals surface area (Å²) in [6.07, 6.45) is 5.62. The lowest BCUT2D eigenvalue weighted by atomic mass is 10.3. The Hall–Kier alpha value is -2.70. The average molecular weight is 326 g/mol. The number of aromatic nitrogens is 3. The molecule has 1 amide bonds. The molecule has 0 saturated carbocycles. The Morgan fingerprint density at radius 2 is 2.08 bits per heavy atom. The van der Waals surface area contributed by atoms with Crippen molar-refractivity contribution in [1.29, 1.82) is 0 Å². The minimum atomic E-state index is -0.132. The molecular weight excluding hydrogens is 304 g/mol. The summed E-state index contributed by atoms with van der Waals surface area (Å²) in [4.78, 5) is 27.1. The van der Waals surface area contributed by atoms with Crippen molar-refractivity contribution in [2.24, 2.45) is 0 Å². The first-order valence-electron chi connectivity index (χ1n) is 8.25. The molecule has 0 radical (unpaired) electrons. The zero-order chi connectivity index (χ0) is 16.8. The normalized spacial score (nSPS) is 13.8. The summed E-state index contributed by atoms with van der Waals surface area (Å²) in [5, 5.41) is 6.02. The highest BCUT2D eigenvalue weighted by Gasteiger charge is 2.15. The Bertz CT molecular complexity index is 685. The summed E-state index contributed by atoms with van der Waals surface area (Å²) in [6, 6.07) is 5.50. The van der Waals surface area contributed by atoms with Crippen molar-refractivity contribution in [2.75, 3.05) is 36.4 Å².